The molecule has 7 nitrogen and oxygen atoms in total. The Kier molecular flexibility index (Phi) is 4.50. The van der Waals surface area contributed by atoms with Crippen molar-refractivity contribution in [2.24, 2.45) is 5.92 Å². The van der Waals surface area contributed by atoms with Crippen molar-refractivity contribution < 1.29 is 14.6 Å². The van der Waals surface area contributed by atoms with E-state index in [1.165, 1.54) is 0 Å². The highest BCUT2D eigenvalue weighted by atomic mass is 16.5. The van der Waals surface area contributed by atoms with Crippen LogP contribution in [0, 0.1) is 5.92 Å². The van der Waals surface area contributed by atoms with E-state index in [1.807, 2.05) is 30.3 Å². The number of aromatic nitrogens is 3. The predicted octanol–water partition coefficient (Wildman–Crippen LogP) is 1.27. The number of aliphatic hydroxyl groups is 1. The molecule has 2 heterocycles. The molecule has 0 radical (unpaired) electrons. The number of carbonyl (C=O) groups is 1. The molecule has 0 bridgehead atoms. The van der Waals surface area contributed by atoms with Crippen molar-refractivity contribution in [2.75, 3.05) is 19.8 Å². The van der Waals surface area contributed by atoms with Gasteiger partial charge >= 0.3 is 0 Å². The van der Waals surface area contributed by atoms with Crippen LogP contribution >= 0.6 is 0 Å². The van der Waals surface area contributed by atoms with Crippen molar-refractivity contribution in [3.63, 3.8) is 0 Å². The largest absolute Gasteiger partial charge is 0.393 e. The van der Waals surface area contributed by atoms with Crippen molar-refractivity contribution in [1.82, 2.24) is 19.7 Å². The lowest BCUT2D eigenvalue weighted by atomic mass is 9.94. The molecule has 1 aromatic carbocycles. The maximum absolute atomic E-state index is 13.0. The number of amides is 1. The summed E-state index contributed by atoms with van der Waals surface area (Å²) in [4.78, 5) is 19.0. The van der Waals surface area contributed by atoms with E-state index in [0.29, 0.717) is 19.8 Å². The molecule has 1 N–H and O–H groups in total. The Labute approximate surface area is 146 Å². The van der Waals surface area contributed by atoms with Crippen LogP contribution in [-0.2, 0) is 4.74 Å². The lowest BCUT2D eigenvalue weighted by molar-refractivity contribution is -0.0387. The first kappa shape index (κ1) is 16.2. The van der Waals surface area contributed by atoms with Gasteiger partial charge < -0.3 is 14.7 Å². The zero-order valence-corrected chi connectivity index (χ0v) is 14.0. The van der Waals surface area contributed by atoms with Crippen LogP contribution in [0.5, 0.6) is 0 Å². The zero-order valence-electron chi connectivity index (χ0n) is 14.0. The van der Waals surface area contributed by atoms with Crippen LogP contribution in [0.2, 0.25) is 0 Å². The van der Waals surface area contributed by atoms with E-state index in [9.17, 15) is 9.90 Å². The van der Waals surface area contributed by atoms with Crippen molar-refractivity contribution in [3.05, 3.63) is 42.5 Å². The number of nitrogens with zero attached hydrogens (tertiary/aromatic N) is 4. The van der Waals surface area contributed by atoms with E-state index in [2.05, 4.69) is 10.1 Å². The van der Waals surface area contributed by atoms with Crippen LogP contribution in [0.25, 0.3) is 5.69 Å². The quantitative estimate of drug-likeness (QED) is 0.908. The van der Waals surface area contributed by atoms with Gasteiger partial charge in [-0.05, 0) is 25.0 Å². The van der Waals surface area contributed by atoms with Gasteiger partial charge in [-0.15, -0.1) is 5.10 Å². The molecule has 7 heteroatoms. The van der Waals surface area contributed by atoms with Gasteiger partial charge in [0.1, 0.15) is 6.33 Å². The molecule has 2 aromatic rings. The SMILES string of the molecule is O=C(c1ncn(-c2ccccc2)n1)N1CCOC[C@@H]1[C@@H]1CCC[C@H]1O. The van der Waals surface area contributed by atoms with Crippen LogP contribution < -0.4 is 0 Å². The summed E-state index contributed by atoms with van der Waals surface area (Å²) in [6.45, 7) is 1.48. The van der Waals surface area contributed by atoms with Crippen molar-refractivity contribution in [2.45, 2.75) is 31.4 Å². The second-order valence-electron chi connectivity index (χ2n) is 6.65. The standard InChI is InChI=1S/C18H22N4O3/c23-16-8-4-7-14(16)15-11-25-10-9-21(15)18(24)17-19-12-22(20-17)13-5-2-1-3-6-13/h1-3,5-6,12,14-16,23H,4,7-11H2/t14-,15+,16+/m0/s1. The van der Waals surface area contributed by atoms with Gasteiger partial charge in [0.2, 0.25) is 5.82 Å². The van der Waals surface area contributed by atoms with Gasteiger partial charge in [-0.3, -0.25) is 4.79 Å². The Morgan fingerprint density at radius 2 is 2.08 bits per heavy atom. The van der Waals surface area contributed by atoms with E-state index < -0.39 is 0 Å². The third kappa shape index (κ3) is 3.17. The van der Waals surface area contributed by atoms with Gasteiger partial charge in [0.25, 0.3) is 5.91 Å². The molecular weight excluding hydrogens is 320 g/mol. The minimum absolute atomic E-state index is 0.0699. The van der Waals surface area contributed by atoms with Crippen LogP contribution in [-0.4, -0.2) is 62.6 Å². The van der Waals surface area contributed by atoms with Crippen molar-refractivity contribution in [1.29, 1.82) is 0 Å². The lowest BCUT2D eigenvalue weighted by Gasteiger charge is -2.39. The number of para-hydroxylation sites is 1. The number of rotatable bonds is 3. The molecule has 1 aromatic heterocycles. The average Bonchev–Trinajstić information content (AvgIpc) is 3.31. The number of carbonyl (C=O) groups excluding carboxylic acids is 1. The molecule has 0 spiro atoms. The Bertz CT molecular complexity index is 733. The molecule has 25 heavy (non-hydrogen) atoms. The third-order valence-electron chi connectivity index (χ3n) is 5.16. The number of benzene rings is 1. The summed E-state index contributed by atoms with van der Waals surface area (Å²) < 4.78 is 7.19. The Morgan fingerprint density at radius 3 is 2.84 bits per heavy atom. The minimum Gasteiger partial charge on any atom is -0.393 e. The Balaban J connectivity index is 1.55. The topological polar surface area (TPSA) is 80.5 Å². The molecular formula is C18H22N4O3. The monoisotopic (exact) mass is 342 g/mol. The number of hydrogen-bond donors (Lipinski definition) is 1. The molecule has 1 aliphatic heterocycles. The second-order valence-corrected chi connectivity index (χ2v) is 6.65. The zero-order chi connectivity index (χ0) is 17.2. The number of hydrogen-bond acceptors (Lipinski definition) is 5. The second kappa shape index (κ2) is 6.93. The summed E-state index contributed by atoms with van der Waals surface area (Å²) in [7, 11) is 0. The summed E-state index contributed by atoms with van der Waals surface area (Å²) in [5, 5.41) is 14.6. The van der Waals surface area contributed by atoms with Crippen molar-refractivity contribution >= 4 is 5.91 Å². The summed E-state index contributed by atoms with van der Waals surface area (Å²) in [5.74, 6) is 0.0609. The van der Waals surface area contributed by atoms with E-state index in [1.54, 1.807) is 15.9 Å². The van der Waals surface area contributed by atoms with Gasteiger partial charge in [0, 0.05) is 12.5 Å². The van der Waals surface area contributed by atoms with Gasteiger partial charge in [-0.2, -0.15) is 0 Å². The summed E-state index contributed by atoms with van der Waals surface area (Å²) in [6.07, 6.45) is 3.90. The lowest BCUT2D eigenvalue weighted by Crippen LogP contribution is -2.53. The highest BCUT2D eigenvalue weighted by Crippen LogP contribution is 2.32. The average molecular weight is 342 g/mol. The van der Waals surface area contributed by atoms with E-state index in [0.717, 1.165) is 24.9 Å². The highest BCUT2D eigenvalue weighted by molar-refractivity contribution is 5.90. The summed E-state index contributed by atoms with van der Waals surface area (Å²) in [6, 6.07) is 9.47. The fraction of sp³-hybridized carbons (Fsp3) is 0.500. The highest BCUT2D eigenvalue weighted by Gasteiger charge is 2.40. The van der Waals surface area contributed by atoms with Gasteiger partial charge in [-0.1, -0.05) is 24.6 Å². The molecule has 2 aliphatic rings. The normalized spacial score (nSPS) is 26.8. The first-order valence-electron chi connectivity index (χ1n) is 8.78. The first-order valence-corrected chi connectivity index (χ1v) is 8.78. The molecule has 1 saturated carbocycles. The van der Waals surface area contributed by atoms with E-state index in [-0.39, 0.29) is 29.8 Å². The molecule has 2 fully saturated rings. The molecule has 1 amide bonds. The molecule has 1 saturated heterocycles. The van der Waals surface area contributed by atoms with Crippen molar-refractivity contribution in [3.8, 4) is 5.69 Å². The maximum atomic E-state index is 13.0. The number of ether oxygens (including phenoxy) is 1. The third-order valence-corrected chi connectivity index (χ3v) is 5.16. The van der Waals surface area contributed by atoms with E-state index >= 15 is 0 Å². The van der Waals surface area contributed by atoms with Crippen LogP contribution in [0.15, 0.2) is 36.7 Å². The molecule has 1 aliphatic carbocycles. The molecule has 0 unspecified atom stereocenters. The Morgan fingerprint density at radius 1 is 1.24 bits per heavy atom. The number of morpholine rings is 1. The molecule has 4 rings (SSSR count). The summed E-state index contributed by atoms with van der Waals surface area (Å²) in [5.41, 5.74) is 0.860. The molecule has 3 atom stereocenters. The van der Waals surface area contributed by atoms with Gasteiger partial charge in [0.05, 0.1) is 31.0 Å². The minimum atomic E-state index is -0.364. The Hall–Kier alpha value is -2.25. The summed E-state index contributed by atoms with van der Waals surface area (Å²) >= 11 is 0. The maximum Gasteiger partial charge on any atom is 0.293 e. The molecule has 132 valence electrons. The van der Waals surface area contributed by atoms with Gasteiger partial charge in [-0.25, -0.2) is 9.67 Å². The number of aliphatic hydroxyl groups excluding tert-OH is 1. The smallest absolute Gasteiger partial charge is 0.293 e. The van der Waals surface area contributed by atoms with Crippen LogP contribution in [0.1, 0.15) is 29.9 Å². The van der Waals surface area contributed by atoms with Gasteiger partial charge in [0.15, 0.2) is 0 Å². The fourth-order valence-corrected chi connectivity index (χ4v) is 3.84. The van der Waals surface area contributed by atoms with Crippen LogP contribution in [0.3, 0.4) is 0 Å². The fourth-order valence-electron chi connectivity index (χ4n) is 3.84. The first-order chi connectivity index (χ1) is 12.2. The predicted molar refractivity (Wildman–Crippen MR) is 90.4 cm³/mol. The van der Waals surface area contributed by atoms with E-state index in [4.69, 9.17) is 4.74 Å². The van der Waals surface area contributed by atoms with Crippen LogP contribution in [0.4, 0.5) is 0 Å².